The first-order valence-corrected chi connectivity index (χ1v) is 9.33. The largest absolute Gasteiger partial charge is 0.375 e. The van der Waals surface area contributed by atoms with Gasteiger partial charge in [-0.15, -0.1) is 0 Å². The Hall–Kier alpha value is -1.42. The molecule has 1 aliphatic heterocycles. The van der Waals surface area contributed by atoms with Crippen LogP contribution < -0.4 is 5.32 Å². The summed E-state index contributed by atoms with van der Waals surface area (Å²) in [7, 11) is 0. The molecule has 4 heteroatoms. The Balaban J connectivity index is 1.43. The number of halogens is 1. The van der Waals surface area contributed by atoms with Gasteiger partial charge in [-0.2, -0.15) is 0 Å². The number of amides is 1. The van der Waals surface area contributed by atoms with Gasteiger partial charge >= 0.3 is 0 Å². The lowest BCUT2D eigenvalue weighted by molar-refractivity contribution is -0.130. The summed E-state index contributed by atoms with van der Waals surface area (Å²) >= 11 is 0. The molecule has 1 heterocycles. The van der Waals surface area contributed by atoms with Crippen LogP contribution in [0.3, 0.4) is 0 Å². The monoisotopic (exact) mass is 331 g/mol. The smallest absolute Gasteiger partial charge is 0.230 e. The summed E-state index contributed by atoms with van der Waals surface area (Å²) in [5, 5.41) is 3.29. The van der Waals surface area contributed by atoms with Gasteiger partial charge in [0.1, 0.15) is 5.82 Å². The van der Waals surface area contributed by atoms with E-state index in [2.05, 4.69) is 5.32 Å². The van der Waals surface area contributed by atoms with E-state index in [0.717, 1.165) is 50.7 Å². The van der Waals surface area contributed by atoms with Crippen LogP contribution in [0.2, 0.25) is 0 Å². The molecule has 0 aromatic heterocycles. The number of ether oxygens (including phenoxy) is 1. The fourth-order valence-corrected chi connectivity index (χ4v) is 4.56. The normalized spacial score (nSPS) is 27.6. The molecular formula is C20H26FNO2. The number of benzene rings is 1. The number of carbonyl (C=O) groups is 1. The molecule has 1 amide bonds. The van der Waals surface area contributed by atoms with Crippen molar-refractivity contribution >= 4 is 5.91 Å². The van der Waals surface area contributed by atoms with Gasteiger partial charge in [-0.3, -0.25) is 4.79 Å². The van der Waals surface area contributed by atoms with E-state index in [9.17, 15) is 9.18 Å². The standard InChI is InChI=1S/C20H26FNO2/c21-16-6-4-15(5-7-16)20(11-12-20)18(23)22-17-8-13-24-19(14-17)9-2-1-3-10-19/h4-7,17H,1-3,8-14H2,(H,22,23)/t17-/m1/s1. The first-order valence-electron chi connectivity index (χ1n) is 9.33. The van der Waals surface area contributed by atoms with Gasteiger partial charge in [0, 0.05) is 12.6 Å². The minimum Gasteiger partial charge on any atom is -0.375 e. The van der Waals surface area contributed by atoms with E-state index in [4.69, 9.17) is 4.74 Å². The quantitative estimate of drug-likeness (QED) is 0.913. The van der Waals surface area contributed by atoms with Crippen molar-refractivity contribution in [3.05, 3.63) is 35.6 Å². The summed E-state index contributed by atoms with van der Waals surface area (Å²) in [6, 6.07) is 6.63. The highest BCUT2D eigenvalue weighted by Crippen LogP contribution is 2.49. The van der Waals surface area contributed by atoms with Gasteiger partial charge in [-0.25, -0.2) is 4.39 Å². The molecule has 1 N–H and O–H groups in total. The Morgan fingerprint density at radius 1 is 1.08 bits per heavy atom. The van der Waals surface area contributed by atoms with Crippen molar-refractivity contribution < 1.29 is 13.9 Å². The van der Waals surface area contributed by atoms with Gasteiger partial charge in [-0.05, 0) is 56.2 Å². The predicted molar refractivity (Wildman–Crippen MR) is 90.2 cm³/mol. The maximum absolute atomic E-state index is 13.2. The summed E-state index contributed by atoms with van der Waals surface area (Å²) in [4.78, 5) is 12.9. The van der Waals surface area contributed by atoms with Crippen LogP contribution in [0.1, 0.15) is 63.4 Å². The second-order valence-corrected chi connectivity index (χ2v) is 7.84. The van der Waals surface area contributed by atoms with Crippen LogP contribution in [-0.4, -0.2) is 24.2 Å². The number of carbonyl (C=O) groups excluding carboxylic acids is 1. The van der Waals surface area contributed by atoms with E-state index < -0.39 is 5.41 Å². The predicted octanol–water partition coefficient (Wildman–Crippen LogP) is 3.86. The van der Waals surface area contributed by atoms with Gasteiger partial charge in [0.2, 0.25) is 5.91 Å². The Morgan fingerprint density at radius 3 is 2.46 bits per heavy atom. The highest BCUT2D eigenvalue weighted by atomic mass is 19.1. The van der Waals surface area contributed by atoms with Crippen molar-refractivity contribution in [2.45, 2.75) is 74.8 Å². The minimum absolute atomic E-state index is 0.00103. The van der Waals surface area contributed by atoms with Gasteiger partial charge in [0.05, 0.1) is 11.0 Å². The average Bonchev–Trinajstić information content (AvgIpc) is 3.38. The molecule has 1 spiro atoms. The second kappa shape index (κ2) is 6.14. The number of hydrogen-bond acceptors (Lipinski definition) is 2. The van der Waals surface area contributed by atoms with E-state index in [1.807, 2.05) is 0 Å². The van der Waals surface area contributed by atoms with Crippen LogP contribution in [-0.2, 0) is 14.9 Å². The summed E-state index contributed by atoms with van der Waals surface area (Å²) in [6.07, 6.45) is 9.59. The molecule has 2 aliphatic carbocycles. The molecule has 24 heavy (non-hydrogen) atoms. The van der Waals surface area contributed by atoms with E-state index in [1.54, 1.807) is 12.1 Å². The molecule has 0 bridgehead atoms. The van der Waals surface area contributed by atoms with Gasteiger partial charge in [0.25, 0.3) is 0 Å². The Kier molecular flexibility index (Phi) is 4.11. The van der Waals surface area contributed by atoms with Gasteiger partial charge < -0.3 is 10.1 Å². The van der Waals surface area contributed by atoms with Crippen molar-refractivity contribution in [3.8, 4) is 0 Å². The fourth-order valence-electron chi connectivity index (χ4n) is 4.56. The van der Waals surface area contributed by atoms with E-state index in [-0.39, 0.29) is 23.4 Å². The summed E-state index contributed by atoms with van der Waals surface area (Å²) in [6.45, 7) is 0.745. The zero-order valence-corrected chi connectivity index (χ0v) is 14.2. The molecule has 1 aromatic carbocycles. The van der Waals surface area contributed by atoms with Gasteiger partial charge in [-0.1, -0.05) is 31.4 Å². The summed E-state index contributed by atoms with van der Waals surface area (Å²) in [5.74, 6) is -0.134. The molecule has 1 atom stereocenters. The van der Waals surface area contributed by atoms with Crippen LogP contribution in [0.5, 0.6) is 0 Å². The molecular weight excluding hydrogens is 305 g/mol. The fraction of sp³-hybridized carbons (Fsp3) is 0.650. The summed E-state index contributed by atoms with van der Waals surface area (Å²) in [5.41, 5.74) is 0.521. The summed E-state index contributed by atoms with van der Waals surface area (Å²) < 4.78 is 19.3. The van der Waals surface area contributed by atoms with Crippen molar-refractivity contribution in [3.63, 3.8) is 0 Å². The maximum Gasteiger partial charge on any atom is 0.230 e. The minimum atomic E-state index is -0.425. The number of rotatable bonds is 3. The van der Waals surface area contributed by atoms with Crippen molar-refractivity contribution in [1.82, 2.24) is 5.32 Å². The van der Waals surface area contributed by atoms with E-state index >= 15 is 0 Å². The lowest BCUT2D eigenvalue weighted by Crippen LogP contribution is -2.51. The van der Waals surface area contributed by atoms with Crippen LogP contribution in [0.15, 0.2) is 24.3 Å². The lowest BCUT2D eigenvalue weighted by Gasteiger charge is -2.44. The van der Waals surface area contributed by atoms with E-state index in [1.165, 1.54) is 31.4 Å². The number of hydrogen-bond donors (Lipinski definition) is 1. The van der Waals surface area contributed by atoms with Crippen molar-refractivity contribution in [2.75, 3.05) is 6.61 Å². The molecule has 3 nitrogen and oxygen atoms in total. The highest BCUT2D eigenvalue weighted by molar-refractivity contribution is 5.91. The Labute approximate surface area is 143 Å². The van der Waals surface area contributed by atoms with Gasteiger partial charge in [0.15, 0.2) is 0 Å². The maximum atomic E-state index is 13.2. The second-order valence-electron chi connectivity index (χ2n) is 7.84. The molecule has 1 aromatic rings. The van der Waals surface area contributed by atoms with Crippen LogP contribution in [0.4, 0.5) is 4.39 Å². The zero-order valence-electron chi connectivity index (χ0n) is 14.2. The SMILES string of the molecule is O=C(N[C@@H]1CCOC2(CCCCC2)C1)C1(c2ccc(F)cc2)CC1. The first kappa shape index (κ1) is 16.1. The molecule has 0 unspecified atom stereocenters. The molecule has 3 fully saturated rings. The van der Waals surface area contributed by atoms with Crippen LogP contribution in [0.25, 0.3) is 0 Å². The van der Waals surface area contributed by atoms with Crippen molar-refractivity contribution in [2.24, 2.45) is 0 Å². The Bertz CT molecular complexity index is 597. The van der Waals surface area contributed by atoms with Crippen LogP contribution >= 0.6 is 0 Å². The average molecular weight is 331 g/mol. The van der Waals surface area contributed by atoms with E-state index in [0.29, 0.717) is 0 Å². The zero-order chi connectivity index (χ0) is 16.6. The Morgan fingerprint density at radius 2 is 1.79 bits per heavy atom. The molecule has 0 radical (unpaired) electrons. The molecule has 3 aliphatic rings. The lowest BCUT2D eigenvalue weighted by atomic mass is 9.78. The molecule has 4 rings (SSSR count). The molecule has 1 saturated heterocycles. The number of nitrogens with one attached hydrogen (secondary N) is 1. The molecule has 2 saturated carbocycles. The van der Waals surface area contributed by atoms with Crippen molar-refractivity contribution in [1.29, 1.82) is 0 Å². The molecule has 130 valence electrons. The topological polar surface area (TPSA) is 38.3 Å². The third-order valence-electron chi connectivity index (χ3n) is 6.17. The first-order chi connectivity index (χ1) is 11.6. The highest BCUT2D eigenvalue weighted by Gasteiger charge is 2.52. The van der Waals surface area contributed by atoms with Crippen LogP contribution in [0, 0.1) is 5.82 Å². The third-order valence-corrected chi connectivity index (χ3v) is 6.17. The third kappa shape index (κ3) is 2.97.